The Morgan fingerprint density at radius 2 is 1.80 bits per heavy atom. The van der Waals surface area contributed by atoms with Gasteiger partial charge in [0.05, 0.1) is 17.2 Å². The van der Waals surface area contributed by atoms with Gasteiger partial charge >= 0.3 is 0 Å². The molecule has 2 aromatic carbocycles. The number of anilines is 2. The van der Waals surface area contributed by atoms with Crippen molar-refractivity contribution in [1.29, 1.82) is 0 Å². The molecule has 2 unspecified atom stereocenters. The highest BCUT2D eigenvalue weighted by Crippen LogP contribution is 2.47. The molecule has 1 saturated heterocycles. The van der Waals surface area contributed by atoms with Crippen LogP contribution >= 0.6 is 0 Å². The molecule has 2 fully saturated rings. The van der Waals surface area contributed by atoms with Crippen molar-refractivity contribution in [3.05, 3.63) is 63.7 Å². The van der Waals surface area contributed by atoms with Crippen LogP contribution in [0, 0.1) is 45.2 Å². The van der Waals surface area contributed by atoms with Gasteiger partial charge < -0.3 is 15.5 Å². The summed E-state index contributed by atoms with van der Waals surface area (Å²) >= 11 is 0. The molecule has 158 valence electrons. The predicted molar refractivity (Wildman–Crippen MR) is 99.0 cm³/mol. The maximum Gasteiger partial charge on any atom is 0.295 e. The number of nitrogens with zero attached hydrogens (tertiary/aromatic N) is 2. The van der Waals surface area contributed by atoms with E-state index in [9.17, 15) is 32.5 Å². The topological polar surface area (TPSA) is 87.5 Å². The fourth-order valence-corrected chi connectivity index (χ4v) is 3.94. The summed E-state index contributed by atoms with van der Waals surface area (Å²) in [5, 5.41) is 16.0. The van der Waals surface area contributed by atoms with Crippen molar-refractivity contribution >= 4 is 23.0 Å². The number of carbonyl (C=O) groups is 1. The zero-order valence-electron chi connectivity index (χ0n) is 15.4. The van der Waals surface area contributed by atoms with E-state index in [1.807, 2.05) is 0 Å². The average Bonchev–Trinajstić information content (AvgIpc) is 3.11. The molecule has 1 aliphatic heterocycles. The van der Waals surface area contributed by atoms with Gasteiger partial charge in [0.1, 0.15) is 11.6 Å². The van der Waals surface area contributed by atoms with Crippen LogP contribution in [-0.4, -0.2) is 36.5 Å². The van der Waals surface area contributed by atoms with Gasteiger partial charge in [-0.3, -0.25) is 14.9 Å². The van der Waals surface area contributed by atoms with Crippen LogP contribution < -0.4 is 15.5 Å². The summed E-state index contributed by atoms with van der Waals surface area (Å²) in [5.74, 6) is -4.39. The Balaban J connectivity index is 1.32. The van der Waals surface area contributed by atoms with Crippen LogP contribution in [0.25, 0.3) is 0 Å². The van der Waals surface area contributed by atoms with E-state index in [0.717, 1.165) is 12.1 Å². The average molecular weight is 424 g/mol. The van der Waals surface area contributed by atoms with Crippen LogP contribution in [0.1, 0.15) is 0 Å². The third kappa shape index (κ3) is 3.62. The summed E-state index contributed by atoms with van der Waals surface area (Å²) in [6.45, 7) is 0.485. The lowest BCUT2D eigenvalue weighted by molar-refractivity contribution is -0.384. The van der Waals surface area contributed by atoms with E-state index in [0.29, 0.717) is 24.8 Å². The molecule has 2 aromatic rings. The van der Waals surface area contributed by atoms with Gasteiger partial charge in [0.25, 0.3) is 5.69 Å². The fourth-order valence-electron chi connectivity index (χ4n) is 3.94. The third-order valence-electron chi connectivity index (χ3n) is 5.47. The summed E-state index contributed by atoms with van der Waals surface area (Å²) in [7, 11) is 0. The number of amides is 1. The van der Waals surface area contributed by atoms with Crippen LogP contribution in [0.5, 0.6) is 0 Å². The molecule has 1 heterocycles. The number of nitrogens with one attached hydrogen (secondary N) is 2. The number of rotatable bonds is 6. The van der Waals surface area contributed by atoms with Gasteiger partial charge in [-0.25, -0.2) is 17.6 Å². The molecule has 2 atom stereocenters. The van der Waals surface area contributed by atoms with Crippen molar-refractivity contribution in [3.63, 3.8) is 0 Å². The van der Waals surface area contributed by atoms with E-state index < -0.39 is 52.0 Å². The molecule has 2 N–H and O–H groups in total. The van der Waals surface area contributed by atoms with Crippen molar-refractivity contribution in [1.82, 2.24) is 5.32 Å². The van der Waals surface area contributed by atoms with Crippen LogP contribution in [0.15, 0.2) is 30.3 Å². The molecule has 1 aliphatic carbocycles. The van der Waals surface area contributed by atoms with Crippen molar-refractivity contribution in [2.75, 3.05) is 29.9 Å². The molecule has 4 rings (SSSR count). The van der Waals surface area contributed by atoms with E-state index in [2.05, 4.69) is 10.6 Å². The minimum Gasteiger partial charge on any atom is -0.368 e. The molecular formula is C19H16F4N4O3. The second-order valence-corrected chi connectivity index (χ2v) is 7.29. The monoisotopic (exact) mass is 424 g/mol. The molecule has 1 amide bonds. The number of nitro groups is 1. The predicted octanol–water partition coefficient (Wildman–Crippen LogP) is 2.81. The Labute approximate surface area is 167 Å². The SMILES string of the molecule is O=C(CNc1c([N+](=O)[O-])ccc(F)c1F)NC1C2CN(c3ccc(F)cc3F)CC21. The van der Waals surface area contributed by atoms with Gasteiger partial charge in [-0.05, 0) is 18.2 Å². The Hall–Kier alpha value is -3.37. The Morgan fingerprint density at radius 3 is 2.43 bits per heavy atom. The van der Waals surface area contributed by atoms with Crippen LogP contribution in [0.2, 0.25) is 0 Å². The summed E-state index contributed by atoms with van der Waals surface area (Å²) in [6, 6.07) is 4.65. The standard InChI is InChI=1S/C19H16F4N4O3/c20-9-1-3-14(13(22)5-9)26-7-10-11(8-26)18(10)25-16(28)6-24-19-15(27(29)30)4-2-12(21)17(19)23/h1-5,10-11,18,24H,6-8H2,(H,25,28). The lowest BCUT2D eigenvalue weighted by atomic mass is 10.2. The summed E-state index contributed by atoms with van der Waals surface area (Å²) < 4.78 is 54.2. The number of benzene rings is 2. The van der Waals surface area contributed by atoms with Crippen molar-refractivity contribution in [2.45, 2.75) is 6.04 Å². The van der Waals surface area contributed by atoms with Gasteiger partial charge in [0.2, 0.25) is 5.91 Å². The lowest BCUT2D eigenvalue weighted by Gasteiger charge is -2.23. The molecule has 0 bridgehead atoms. The first-order valence-corrected chi connectivity index (χ1v) is 9.12. The summed E-state index contributed by atoms with van der Waals surface area (Å²) in [5.41, 5.74) is -1.07. The van der Waals surface area contributed by atoms with Gasteiger partial charge in [0, 0.05) is 43.1 Å². The van der Waals surface area contributed by atoms with E-state index >= 15 is 0 Å². The third-order valence-corrected chi connectivity index (χ3v) is 5.47. The van der Waals surface area contributed by atoms with E-state index in [4.69, 9.17) is 0 Å². The number of piperidine rings is 1. The first-order chi connectivity index (χ1) is 14.3. The molecule has 7 nitrogen and oxygen atoms in total. The molecule has 30 heavy (non-hydrogen) atoms. The highest BCUT2D eigenvalue weighted by atomic mass is 19.2. The Morgan fingerprint density at radius 1 is 1.10 bits per heavy atom. The normalized spacial score (nSPS) is 21.9. The minimum atomic E-state index is -1.43. The first-order valence-electron chi connectivity index (χ1n) is 9.12. The number of halogens is 4. The van der Waals surface area contributed by atoms with Crippen LogP contribution in [0.4, 0.5) is 34.6 Å². The largest absolute Gasteiger partial charge is 0.368 e. The summed E-state index contributed by atoms with van der Waals surface area (Å²) in [4.78, 5) is 24.0. The fraction of sp³-hybridized carbons (Fsp3) is 0.316. The van der Waals surface area contributed by atoms with Gasteiger partial charge in [-0.1, -0.05) is 0 Å². The highest BCUT2D eigenvalue weighted by molar-refractivity contribution is 5.82. The van der Waals surface area contributed by atoms with E-state index in [-0.39, 0.29) is 17.9 Å². The number of carbonyl (C=O) groups excluding carboxylic acids is 1. The molecule has 1 saturated carbocycles. The van der Waals surface area contributed by atoms with Gasteiger partial charge in [0.15, 0.2) is 17.3 Å². The number of hydrogen-bond acceptors (Lipinski definition) is 5. The smallest absolute Gasteiger partial charge is 0.295 e. The molecule has 11 heteroatoms. The zero-order valence-corrected chi connectivity index (χ0v) is 15.4. The van der Waals surface area contributed by atoms with Crippen molar-refractivity contribution in [3.8, 4) is 0 Å². The Bertz CT molecular complexity index is 1020. The second-order valence-electron chi connectivity index (χ2n) is 7.29. The first kappa shape index (κ1) is 19.9. The summed E-state index contributed by atoms with van der Waals surface area (Å²) in [6.07, 6.45) is 0. The van der Waals surface area contributed by atoms with E-state index in [1.165, 1.54) is 12.1 Å². The van der Waals surface area contributed by atoms with Gasteiger partial charge in [-0.15, -0.1) is 0 Å². The molecule has 2 aliphatic rings. The van der Waals surface area contributed by atoms with E-state index in [1.54, 1.807) is 4.90 Å². The van der Waals surface area contributed by atoms with Crippen LogP contribution in [0.3, 0.4) is 0 Å². The van der Waals surface area contributed by atoms with Crippen molar-refractivity contribution < 1.29 is 27.3 Å². The highest BCUT2D eigenvalue weighted by Gasteiger charge is 2.56. The molecule has 0 spiro atoms. The van der Waals surface area contributed by atoms with Gasteiger partial charge in [-0.2, -0.15) is 0 Å². The second kappa shape index (κ2) is 7.47. The number of nitro benzene ring substituents is 1. The zero-order chi connectivity index (χ0) is 21.6. The molecule has 0 aromatic heterocycles. The molecular weight excluding hydrogens is 408 g/mol. The minimum absolute atomic E-state index is 0.0821. The lowest BCUT2D eigenvalue weighted by Crippen LogP contribution is -2.37. The maximum atomic E-state index is 13.9. The number of hydrogen-bond donors (Lipinski definition) is 2. The number of fused-ring (bicyclic) bond motifs is 1. The Kier molecular flexibility index (Phi) is 4.96. The molecule has 0 radical (unpaired) electrons. The maximum absolute atomic E-state index is 13.9. The van der Waals surface area contributed by atoms with Crippen molar-refractivity contribution in [2.24, 2.45) is 11.8 Å². The quantitative estimate of drug-likeness (QED) is 0.423. The van der Waals surface area contributed by atoms with Crippen LogP contribution in [-0.2, 0) is 4.79 Å².